The lowest BCUT2D eigenvalue weighted by atomic mass is 9.91. The summed E-state index contributed by atoms with van der Waals surface area (Å²) in [4.78, 5) is 47.6. The number of rotatable bonds is 8. The molecule has 0 aliphatic heterocycles. The molecule has 1 fully saturated rings. The Bertz CT molecular complexity index is 1110. The van der Waals surface area contributed by atoms with E-state index in [1.54, 1.807) is 80.2 Å². The first-order valence-electron chi connectivity index (χ1n) is 10.7. The van der Waals surface area contributed by atoms with E-state index >= 15 is 0 Å². The number of hydrogen-bond donors (Lipinski definition) is 3. The SMILES string of the molecule is CC1(C(=O)c2ccccc2N)[C@H](C(=O)NCc2ccncc2)[C@@H]1C(=O)NCc1ccncc1. The minimum Gasteiger partial charge on any atom is -0.398 e. The van der Waals surface area contributed by atoms with E-state index in [0.717, 1.165) is 11.1 Å². The second-order valence-corrected chi connectivity index (χ2v) is 8.30. The zero-order valence-corrected chi connectivity index (χ0v) is 18.2. The number of Topliss-reactive ketones (excluding diaryl/α,β-unsaturated/α-hetero) is 1. The second kappa shape index (κ2) is 9.20. The molecule has 2 heterocycles. The van der Waals surface area contributed by atoms with Gasteiger partial charge in [0, 0.05) is 49.1 Å². The third-order valence-electron chi connectivity index (χ3n) is 6.21. The van der Waals surface area contributed by atoms with Crippen LogP contribution in [0.25, 0.3) is 0 Å². The van der Waals surface area contributed by atoms with Crippen molar-refractivity contribution in [1.82, 2.24) is 20.6 Å². The molecular formula is C25H25N5O3. The molecule has 3 atom stereocenters. The molecule has 0 radical (unpaired) electrons. The molecule has 1 unspecified atom stereocenters. The van der Waals surface area contributed by atoms with E-state index in [0.29, 0.717) is 11.3 Å². The van der Waals surface area contributed by atoms with Crippen LogP contribution < -0.4 is 16.4 Å². The Hall–Kier alpha value is -4.07. The lowest BCUT2D eigenvalue weighted by Crippen LogP contribution is -2.29. The lowest BCUT2D eigenvalue weighted by molar-refractivity contribution is -0.127. The highest BCUT2D eigenvalue weighted by molar-refractivity contribution is 6.13. The molecule has 8 nitrogen and oxygen atoms in total. The number of benzene rings is 1. The summed E-state index contributed by atoms with van der Waals surface area (Å²) in [5.41, 5.74) is 7.21. The molecule has 1 saturated carbocycles. The third-order valence-corrected chi connectivity index (χ3v) is 6.21. The monoisotopic (exact) mass is 443 g/mol. The Morgan fingerprint density at radius 1 is 0.818 bits per heavy atom. The number of para-hydroxylation sites is 1. The first-order chi connectivity index (χ1) is 15.9. The summed E-state index contributed by atoms with van der Waals surface area (Å²) in [6.45, 7) is 2.22. The Kier molecular flexibility index (Phi) is 6.17. The number of hydrogen-bond acceptors (Lipinski definition) is 6. The van der Waals surface area contributed by atoms with Gasteiger partial charge in [-0.1, -0.05) is 19.1 Å². The van der Waals surface area contributed by atoms with Crippen LogP contribution in [0, 0.1) is 17.3 Å². The van der Waals surface area contributed by atoms with Crippen LogP contribution in [-0.2, 0) is 22.7 Å². The number of carbonyl (C=O) groups is 3. The minimum atomic E-state index is -1.19. The van der Waals surface area contributed by atoms with Crippen molar-refractivity contribution in [3.8, 4) is 0 Å². The maximum atomic E-state index is 13.5. The molecule has 4 rings (SSSR count). The number of aromatic nitrogens is 2. The van der Waals surface area contributed by atoms with Crippen molar-refractivity contribution in [2.45, 2.75) is 20.0 Å². The highest BCUT2D eigenvalue weighted by atomic mass is 16.2. The van der Waals surface area contributed by atoms with Gasteiger partial charge in [0.15, 0.2) is 5.78 Å². The van der Waals surface area contributed by atoms with Crippen LogP contribution >= 0.6 is 0 Å². The van der Waals surface area contributed by atoms with Crippen LogP contribution in [0.15, 0.2) is 73.3 Å². The van der Waals surface area contributed by atoms with E-state index in [2.05, 4.69) is 20.6 Å². The Labute approximate surface area is 191 Å². The van der Waals surface area contributed by atoms with Crippen molar-refractivity contribution in [3.05, 3.63) is 90.0 Å². The number of carbonyl (C=O) groups excluding carboxylic acids is 3. The molecule has 1 aliphatic rings. The molecule has 168 valence electrons. The van der Waals surface area contributed by atoms with Crippen LogP contribution in [0.3, 0.4) is 0 Å². The molecule has 0 saturated heterocycles. The van der Waals surface area contributed by atoms with Crippen LogP contribution in [0.1, 0.15) is 28.4 Å². The number of nitrogen functional groups attached to an aromatic ring is 1. The summed E-state index contributed by atoms with van der Waals surface area (Å²) in [5, 5.41) is 5.71. The maximum absolute atomic E-state index is 13.5. The summed E-state index contributed by atoms with van der Waals surface area (Å²) in [6, 6.07) is 13.9. The first-order valence-corrected chi connectivity index (χ1v) is 10.7. The molecule has 1 aliphatic carbocycles. The third kappa shape index (κ3) is 4.45. The van der Waals surface area contributed by atoms with Crippen LogP contribution in [-0.4, -0.2) is 27.6 Å². The zero-order chi connectivity index (χ0) is 23.4. The standard InChI is InChI=1S/C25H25N5O3/c1-25(22(31)18-4-2-3-5-19(18)26)20(23(32)29-14-16-6-10-27-11-7-16)21(25)24(33)30-15-17-8-12-28-13-9-17/h2-13,20-21H,14-15,26H2,1H3,(H,29,32)(H,30,33)/t20-,21+,25?. The Balaban J connectivity index is 1.54. The fourth-order valence-electron chi connectivity index (χ4n) is 4.24. The average molecular weight is 444 g/mol. The van der Waals surface area contributed by atoms with Crippen molar-refractivity contribution in [2.75, 3.05) is 5.73 Å². The van der Waals surface area contributed by atoms with Gasteiger partial charge in [0.05, 0.1) is 17.3 Å². The van der Waals surface area contributed by atoms with Gasteiger partial charge in [-0.2, -0.15) is 0 Å². The fraction of sp³-hybridized carbons (Fsp3) is 0.240. The van der Waals surface area contributed by atoms with Crippen molar-refractivity contribution in [2.24, 2.45) is 17.3 Å². The van der Waals surface area contributed by atoms with Crippen molar-refractivity contribution in [3.63, 3.8) is 0 Å². The smallest absolute Gasteiger partial charge is 0.225 e. The summed E-state index contributed by atoms with van der Waals surface area (Å²) >= 11 is 0. The van der Waals surface area contributed by atoms with Gasteiger partial charge in [0.1, 0.15) is 0 Å². The van der Waals surface area contributed by atoms with Crippen molar-refractivity contribution < 1.29 is 14.4 Å². The number of pyridine rings is 2. The minimum absolute atomic E-state index is 0.279. The average Bonchev–Trinajstić information content (AvgIpc) is 3.49. The van der Waals surface area contributed by atoms with Gasteiger partial charge in [-0.25, -0.2) is 0 Å². The van der Waals surface area contributed by atoms with Crippen LogP contribution in [0.5, 0.6) is 0 Å². The number of anilines is 1. The van der Waals surface area contributed by atoms with Gasteiger partial charge in [-0.3, -0.25) is 24.4 Å². The highest BCUT2D eigenvalue weighted by Gasteiger charge is 2.72. The summed E-state index contributed by atoms with van der Waals surface area (Å²) in [6.07, 6.45) is 6.55. The fourth-order valence-corrected chi connectivity index (χ4v) is 4.24. The Morgan fingerprint density at radius 2 is 1.27 bits per heavy atom. The summed E-state index contributed by atoms with van der Waals surface area (Å²) < 4.78 is 0. The first kappa shape index (κ1) is 22.1. The van der Waals surface area contributed by atoms with Gasteiger partial charge in [-0.15, -0.1) is 0 Å². The zero-order valence-electron chi connectivity index (χ0n) is 18.2. The van der Waals surface area contributed by atoms with Gasteiger partial charge < -0.3 is 16.4 Å². The summed E-state index contributed by atoms with van der Waals surface area (Å²) in [5.74, 6) is -2.61. The largest absolute Gasteiger partial charge is 0.398 e. The van der Waals surface area contributed by atoms with Crippen LogP contribution in [0.4, 0.5) is 5.69 Å². The predicted octanol–water partition coefficient (Wildman–Crippen LogP) is 2.13. The molecule has 2 aromatic heterocycles. The maximum Gasteiger partial charge on any atom is 0.225 e. The van der Waals surface area contributed by atoms with E-state index in [-0.39, 0.29) is 30.7 Å². The topological polar surface area (TPSA) is 127 Å². The van der Waals surface area contributed by atoms with E-state index in [9.17, 15) is 14.4 Å². The van der Waals surface area contributed by atoms with Gasteiger partial charge in [0.25, 0.3) is 0 Å². The molecule has 4 N–H and O–H groups in total. The molecule has 8 heteroatoms. The number of ketones is 1. The van der Waals surface area contributed by atoms with Crippen molar-refractivity contribution >= 4 is 23.3 Å². The summed E-state index contributed by atoms with van der Waals surface area (Å²) in [7, 11) is 0. The number of nitrogens with two attached hydrogens (primary N) is 1. The Morgan fingerprint density at radius 3 is 1.73 bits per heavy atom. The highest BCUT2D eigenvalue weighted by Crippen LogP contribution is 2.60. The molecule has 2 amide bonds. The number of amides is 2. The molecule has 0 spiro atoms. The predicted molar refractivity (Wildman–Crippen MR) is 122 cm³/mol. The second-order valence-electron chi connectivity index (χ2n) is 8.30. The van der Waals surface area contributed by atoms with E-state index in [4.69, 9.17) is 5.73 Å². The molecule has 0 bridgehead atoms. The van der Waals surface area contributed by atoms with Crippen LogP contribution in [0.2, 0.25) is 0 Å². The van der Waals surface area contributed by atoms with Gasteiger partial charge in [0.2, 0.25) is 11.8 Å². The van der Waals surface area contributed by atoms with Crippen molar-refractivity contribution in [1.29, 1.82) is 0 Å². The quantitative estimate of drug-likeness (QED) is 0.362. The molecule has 33 heavy (non-hydrogen) atoms. The lowest BCUT2D eigenvalue weighted by Gasteiger charge is -2.13. The molecule has 3 aromatic rings. The van der Waals surface area contributed by atoms with Gasteiger partial charge >= 0.3 is 0 Å². The molecule has 1 aromatic carbocycles. The van der Waals surface area contributed by atoms with E-state index in [1.807, 2.05) is 0 Å². The van der Waals surface area contributed by atoms with E-state index < -0.39 is 17.3 Å². The number of nitrogens with one attached hydrogen (secondary N) is 2. The molecular weight excluding hydrogens is 418 g/mol. The normalized spacial score (nSPS) is 21.1. The number of nitrogens with zero attached hydrogens (tertiary/aromatic N) is 2. The van der Waals surface area contributed by atoms with E-state index in [1.165, 1.54) is 0 Å². The van der Waals surface area contributed by atoms with Gasteiger partial charge in [-0.05, 0) is 47.5 Å².